The van der Waals surface area contributed by atoms with Crippen molar-refractivity contribution in [3.8, 4) is 0 Å². The molecule has 0 aliphatic carbocycles. The Bertz CT molecular complexity index is 502. The van der Waals surface area contributed by atoms with Gasteiger partial charge in [0.25, 0.3) is 0 Å². The van der Waals surface area contributed by atoms with Gasteiger partial charge in [-0.15, -0.1) is 11.4 Å². The summed E-state index contributed by atoms with van der Waals surface area (Å²) in [6, 6.07) is 8.83. The number of rotatable bonds is 5. The second kappa shape index (κ2) is 6.34. The first-order chi connectivity index (χ1) is 8.33. The van der Waals surface area contributed by atoms with E-state index in [4.69, 9.17) is 0 Å². The number of fused-ring (bicyclic) bond motifs is 1. The minimum Gasteiger partial charge on any atom is -0.319 e. The fourth-order valence-corrected chi connectivity index (χ4v) is 3.37. The molecule has 1 unspecified atom stereocenters. The molecule has 0 amide bonds. The minimum atomic E-state index is 0.792. The summed E-state index contributed by atoms with van der Waals surface area (Å²) in [4.78, 5) is 4.54. The smallest absolute Gasteiger partial charge is 0.0705 e. The van der Waals surface area contributed by atoms with Gasteiger partial charge in [0.1, 0.15) is 0 Å². The molecular weight excluding hydrogens is 247 g/mol. The Labute approximate surface area is 108 Å². The van der Waals surface area contributed by atoms with Crippen LogP contribution >= 0.6 is 19.2 Å². The van der Waals surface area contributed by atoms with Crippen LogP contribution in [0.5, 0.6) is 0 Å². The van der Waals surface area contributed by atoms with Gasteiger partial charge in [0.2, 0.25) is 0 Å². The highest BCUT2D eigenvalue weighted by Gasteiger charge is 2.00. The monoisotopic (exact) mass is 264 g/mol. The molecule has 1 heterocycles. The van der Waals surface area contributed by atoms with Gasteiger partial charge in [-0.25, -0.2) is 0 Å². The van der Waals surface area contributed by atoms with Crippen molar-refractivity contribution in [1.82, 2.24) is 10.3 Å². The van der Waals surface area contributed by atoms with Crippen LogP contribution in [0.15, 0.2) is 30.5 Å². The number of benzene rings is 1. The molecule has 0 saturated carbocycles. The number of likely N-dealkylation sites (N-methyl/N-ethyl adjacent to an activating group) is 1. The number of aromatic nitrogens is 1. The van der Waals surface area contributed by atoms with Crippen molar-refractivity contribution >= 4 is 35.4 Å². The molecule has 4 heteroatoms. The summed E-state index contributed by atoms with van der Waals surface area (Å²) in [6.45, 7) is 1.01. The molecule has 1 aromatic heterocycles. The molecule has 1 N–H and O–H groups in total. The van der Waals surface area contributed by atoms with Crippen LogP contribution in [0.25, 0.3) is 10.9 Å². The summed E-state index contributed by atoms with van der Waals surface area (Å²) in [6.07, 6.45) is 5.19. The summed E-state index contributed by atoms with van der Waals surface area (Å²) >= 11 is 1.86. The average Bonchev–Trinajstić information content (AvgIpc) is 2.36. The third kappa shape index (κ3) is 3.41. The van der Waals surface area contributed by atoms with Crippen LogP contribution in [-0.2, 0) is 6.42 Å². The largest absolute Gasteiger partial charge is 0.319 e. The average molecular weight is 264 g/mol. The van der Waals surface area contributed by atoms with Crippen LogP contribution in [0.3, 0.4) is 0 Å². The van der Waals surface area contributed by atoms with Crippen molar-refractivity contribution in [1.29, 1.82) is 0 Å². The van der Waals surface area contributed by atoms with E-state index >= 15 is 0 Å². The van der Waals surface area contributed by atoms with Crippen LogP contribution in [0, 0.1) is 0 Å². The lowest BCUT2D eigenvalue weighted by molar-refractivity contribution is 0.792. The molecule has 17 heavy (non-hydrogen) atoms. The maximum absolute atomic E-state index is 4.54. The Balaban J connectivity index is 2.26. The van der Waals surface area contributed by atoms with Crippen molar-refractivity contribution in [2.75, 3.05) is 19.8 Å². The first-order valence-electron chi connectivity index (χ1n) is 5.66. The molecule has 0 saturated heterocycles. The Hall–Kier alpha value is -0.630. The van der Waals surface area contributed by atoms with Crippen LogP contribution in [0.1, 0.15) is 5.56 Å². The first kappa shape index (κ1) is 12.8. The Kier molecular flexibility index (Phi) is 4.78. The van der Waals surface area contributed by atoms with E-state index < -0.39 is 0 Å². The van der Waals surface area contributed by atoms with Crippen molar-refractivity contribution in [2.45, 2.75) is 6.42 Å². The maximum Gasteiger partial charge on any atom is 0.0705 e. The number of nitrogens with zero attached hydrogens (tertiary/aromatic N) is 1. The van der Waals surface area contributed by atoms with Gasteiger partial charge in [0.05, 0.1) is 5.52 Å². The van der Waals surface area contributed by atoms with Crippen LogP contribution in [-0.4, -0.2) is 24.8 Å². The lowest BCUT2D eigenvalue weighted by atomic mass is 10.1. The highest BCUT2D eigenvalue weighted by Crippen LogP contribution is 2.25. The van der Waals surface area contributed by atoms with Crippen LogP contribution < -0.4 is 10.6 Å². The molecule has 90 valence electrons. The Morgan fingerprint density at radius 2 is 2.24 bits per heavy atom. The summed E-state index contributed by atoms with van der Waals surface area (Å²) in [5.41, 5.74) is 2.45. The summed E-state index contributed by atoms with van der Waals surface area (Å²) < 4.78 is 0. The minimum absolute atomic E-state index is 0.792. The van der Waals surface area contributed by atoms with Gasteiger partial charge < -0.3 is 5.32 Å². The topological polar surface area (TPSA) is 24.9 Å². The molecule has 0 fully saturated rings. The molecule has 0 bridgehead atoms. The quantitative estimate of drug-likeness (QED) is 0.840. The van der Waals surface area contributed by atoms with Gasteiger partial charge in [-0.2, -0.15) is 0 Å². The van der Waals surface area contributed by atoms with E-state index in [1.807, 2.05) is 24.6 Å². The number of pyridine rings is 1. The first-order valence-corrected chi connectivity index (χ1v) is 8.60. The zero-order valence-electron chi connectivity index (χ0n) is 10.2. The van der Waals surface area contributed by atoms with Gasteiger partial charge in [-0.05, 0) is 51.7 Å². The van der Waals surface area contributed by atoms with Gasteiger partial charge in [-0.1, -0.05) is 12.1 Å². The van der Waals surface area contributed by atoms with Crippen molar-refractivity contribution in [3.63, 3.8) is 0 Å². The Morgan fingerprint density at radius 3 is 3.00 bits per heavy atom. The zero-order chi connectivity index (χ0) is 12.1. The van der Waals surface area contributed by atoms with Gasteiger partial charge in [-0.3, -0.25) is 4.98 Å². The lowest BCUT2D eigenvalue weighted by Gasteiger charge is -2.04. The second-order valence-electron chi connectivity index (χ2n) is 3.91. The van der Waals surface area contributed by atoms with Gasteiger partial charge >= 0.3 is 0 Å². The summed E-state index contributed by atoms with van der Waals surface area (Å²) in [5.74, 6) is 0. The molecule has 0 aliphatic rings. The number of hydrogen-bond acceptors (Lipinski definition) is 3. The number of hydrogen-bond donors (Lipinski definition) is 1. The van der Waals surface area contributed by atoms with Crippen LogP contribution in [0.4, 0.5) is 0 Å². The second-order valence-corrected chi connectivity index (χ2v) is 6.94. The fourth-order valence-electron chi connectivity index (χ4n) is 1.77. The lowest BCUT2D eigenvalue weighted by Crippen LogP contribution is -2.10. The summed E-state index contributed by atoms with van der Waals surface area (Å²) in [5, 5.41) is 5.74. The van der Waals surface area contributed by atoms with E-state index in [-0.39, 0.29) is 0 Å². The highest BCUT2D eigenvalue weighted by molar-refractivity contribution is 8.51. The van der Waals surface area contributed by atoms with E-state index in [0.717, 1.165) is 26.3 Å². The Morgan fingerprint density at radius 1 is 1.35 bits per heavy atom. The predicted octanol–water partition coefficient (Wildman–Crippen LogP) is 2.58. The summed E-state index contributed by atoms with van der Waals surface area (Å²) in [7, 11) is 2.77. The van der Waals surface area contributed by atoms with Crippen LogP contribution in [0.2, 0.25) is 0 Å². The van der Waals surface area contributed by atoms with Gasteiger partial charge in [0, 0.05) is 16.9 Å². The molecule has 2 aromatic rings. The van der Waals surface area contributed by atoms with Gasteiger partial charge in [0.15, 0.2) is 0 Å². The van der Waals surface area contributed by atoms with E-state index in [2.05, 4.69) is 40.8 Å². The third-order valence-electron chi connectivity index (χ3n) is 2.63. The number of nitrogens with one attached hydrogen (secondary N) is 1. The maximum atomic E-state index is 4.54. The van der Waals surface area contributed by atoms with Crippen molar-refractivity contribution in [3.05, 3.63) is 36.0 Å². The molecule has 1 aromatic carbocycles. The molecule has 0 radical (unpaired) electrons. The van der Waals surface area contributed by atoms with E-state index in [0.29, 0.717) is 0 Å². The fraction of sp³-hybridized carbons (Fsp3) is 0.308. The molecule has 2 rings (SSSR count). The standard InChI is InChI=1S/C13H17N2PS/c1-14-6-5-10-3-4-11-8-12(16-17-2)9-15-13(11)7-10/h3-4,7-9,14,16H,5-6H2,1-2H3. The van der Waals surface area contributed by atoms with E-state index in [1.54, 1.807) is 0 Å². The third-order valence-corrected chi connectivity index (χ3v) is 4.66. The van der Waals surface area contributed by atoms with E-state index in [9.17, 15) is 0 Å². The highest BCUT2D eigenvalue weighted by atomic mass is 32.7. The van der Waals surface area contributed by atoms with Crippen molar-refractivity contribution in [2.24, 2.45) is 0 Å². The molecule has 0 spiro atoms. The SMILES string of the molecule is CNCCc1ccc2cc(PSC)cnc2c1. The molecule has 0 aliphatic heterocycles. The predicted molar refractivity (Wildman–Crippen MR) is 80.8 cm³/mol. The van der Waals surface area contributed by atoms with Crippen molar-refractivity contribution < 1.29 is 0 Å². The zero-order valence-corrected chi connectivity index (χ0v) is 12.0. The molecular formula is C13H17N2PS. The molecule has 2 nitrogen and oxygen atoms in total. The van der Waals surface area contributed by atoms with E-state index in [1.165, 1.54) is 16.3 Å². The normalized spacial score (nSPS) is 11.6. The molecule has 1 atom stereocenters.